The molecule has 0 radical (unpaired) electrons. The zero-order chi connectivity index (χ0) is 39.4. The van der Waals surface area contributed by atoms with E-state index >= 15 is 4.79 Å². The lowest BCUT2D eigenvalue weighted by atomic mass is 9.49. The average molecular weight is 779 g/mol. The van der Waals surface area contributed by atoms with Crippen LogP contribution in [0.3, 0.4) is 0 Å². The quantitative estimate of drug-likeness (QED) is 0.127. The first kappa shape index (κ1) is 36.5. The number of para-hydroxylation sites is 1. The van der Waals surface area contributed by atoms with Crippen LogP contribution in [0.25, 0.3) is 0 Å². The minimum atomic E-state index is -5.24. The molecule has 282 valence electrons. The van der Waals surface area contributed by atoms with Crippen molar-refractivity contribution in [3.8, 4) is 5.75 Å². The molecule has 55 heavy (non-hydrogen) atoms. The third-order valence-electron chi connectivity index (χ3n) is 11.6. The molecule has 2 aliphatic carbocycles. The van der Waals surface area contributed by atoms with E-state index < -0.39 is 87.8 Å². The van der Waals surface area contributed by atoms with Crippen molar-refractivity contribution in [1.82, 2.24) is 0 Å². The van der Waals surface area contributed by atoms with Crippen molar-refractivity contribution in [2.24, 2.45) is 23.7 Å². The third-order valence-corrected chi connectivity index (χ3v) is 11.8. The zero-order valence-electron chi connectivity index (χ0n) is 28.7. The van der Waals surface area contributed by atoms with E-state index in [0.717, 1.165) is 4.90 Å². The molecule has 1 saturated carbocycles. The Hall–Kier alpha value is -5.43. The molecule has 4 aliphatic rings. The lowest BCUT2D eigenvalue weighted by Gasteiger charge is -2.50. The Morgan fingerprint density at radius 1 is 0.727 bits per heavy atom. The van der Waals surface area contributed by atoms with E-state index in [-0.39, 0.29) is 40.9 Å². The van der Waals surface area contributed by atoms with Crippen LogP contribution in [0.2, 0.25) is 5.02 Å². The van der Waals surface area contributed by atoms with Crippen LogP contribution in [0.4, 0.5) is 37.7 Å². The van der Waals surface area contributed by atoms with Gasteiger partial charge in [0.2, 0.25) is 23.6 Å². The van der Waals surface area contributed by atoms with Crippen LogP contribution in [-0.4, -0.2) is 28.7 Å². The summed E-state index contributed by atoms with van der Waals surface area (Å²) in [6.07, 6.45) is -9.14. The molecule has 8 rings (SSSR count). The monoisotopic (exact) mass is 778 g/mol. The molecule has 2 saturated heterocycles. The molecule has 0 spiro atoms. The Balaban J connectivity index is 1.33. The number of anilines is 2. The molecule has 2 heterocycles. The molecule has 14 heteroatoms. The van der Waals surface area contributed by atoms with Gasteiger partial charge in [-0.1, -0.05) is 77.8 Å². The molecule has 0 bridgehead atoms. The molecule has 6 atom stereocenters. The number of hydrogen-bond donors (Lipinski definition) is 1. The fraction of sp³-hybridized carbons (Fsp3) is 0.268. The summed E-state index contributed by atoms with van der Waals surface area (Å²) in [5.74, 6) is -9.28. The highest BCUT2D eigenvalue weighted by molar-refractivity contribution is 6.32. The molecular weight excluding hydrogens is 750 g/mol. The van der Waals surface area contributed by atoms with Gasteiger partial charge in [0.25, 0.3) is 0 Å². The van der Waals surface area contributed by atoms with Gasteiger partial charge >= 0.3 is 12.4 Å². The summed E-state index contributed by atoms with van der Waals surface area (Å²) in [6, 6.07) is 20.2. The number of nitrogens with zero attached hydrogens (tertiary/aromatic N) is 2. The van der Waals surface area contributed by atoms with Gasteiger partial charge in [-0.25, -0.2) is 9.80 Å². The molecule has 0 aromatic heterocycles. The zero-order valence-corrected chi connectivity index (χ0v) is 29.4. The van der Waals surface area contributed by atoms with Crippen LogP contribution in [0.1, 0.15) is 46.6 Å². The van der Waals surface area contributed by atoms with Crippen LogP contribution < -0.4 is 9.80 Å². The van der Waals surface area contributed by atoms with Crippen molar-refractivity contribution in [2.45, 2.75) is 43.5 Å². The van der Waals surface area contributed by atoms with Crippen LogP contribution >= 0.6 is 11.6 Å². The second-order valence-corrected chi connectivity index (χ2v) is 14.8. The molecule has 4 aromatic carbocycles. The number of aromatic hydroxyl groups is 1. The maximum Gasteiger partial charge on any atom is 0.416 e. The van der Waals surface area contributed by atoms with Crippen LogP contribution in [0.5, 0.6) is 5.75 Å². The summed E-state index contributed by atoms with van der Waals surface area (Å²) in [7, 11) is 0. The Morgan fingerprint density at radius 2 is 1.38 bits per heavy atom. The molecule has 2 aliphatic heterocycles. The van der Waals surface area contributed by atoms with Gasteiger partial charge in [-0.3, -0.25) is 19.2 Å². The highest BCUT2D eigenvalue weighted by Gasteiger charge is 2.70. The number of phenolic OH excluding ortho intramolecular Hbond substituents is 1. The minimum absolute atomic E-state index is 0.0845. The van der Waals surface area contributed by atoms with Gasteiger partial charge < -0.3 is 5.11 Å². The summed E-state index contributed by atoms with van der Waals surface area (Å²) >= 11 is 6.32. The van der Waals surface area contributed by atoms with Gasteiger partial charge in [0.1, 0.15) is 5.75 Å². The average Bonchev–Trinajstić information content (AvgIpc) is 3.53. The standard InChI is InChI=1S/C41H29ClF6N2O5/c1-20-7-5-12-29(34(20)51)33-27-13-14-28-32(37(54)49(35(28)52)26-16-22(40(43,44)45)15-23(17-26)41(46,47)48)30(27)19-31-36(53)50(25-11-6-10-24(42)18-25)38(55)39(31,33)21-8-3-2-4-9-21/h2-13,15-18,28,30-33,51H,14,19H2,1H3/t28-,30+,31-,32-,33+,39+/m0/s1. The molecular formula is C41H29ClF6N2O5. The number of rotatable bonds is 4. The van der Waals surface area contributed by atoms with E-state index in [0.29, 0.717) is 33.7 Å². The second-order valence-electron chi connectivity index (χ2n) is 14.4. The van der Waals surface area contributed by atoms with Crippen molar-refractivity contribution in [3.63, 3.8) is 0 Å². The normalized spacial score (nSPS) is 26.5. The summed E-state index contributed by atoms with van der Waals surface area (Å²) in [5, 5.41) is 11.9. The molecule has 3 fully saturated rings. The van der Waals surface area contributed by atoms with Gasteiger partial charge in [0.05, 0.1) is 45.7 Å². The van der Waals surface area contributed by atoms with E-state index in [9.17, 15) is 45.8 Å². The summed E-state index contributed by atoms with van der Waals surface area (Å²) in [4.78, 5) is 60.1. The first-order valence-corrected chi connectivity index (χ1v) is 17.7. The number of alkyl halides is 6. The van der Waals surface area contributed by atoms with Gasteiger partial charge in [-0.05, 0) is 73.2 Å². The smallest absolute Gasteiger partial charge is 0.416 e. The van der Waals surface area contributed by atoms with E-state index in [1.165, 1.54) is 6.07 Å². The third kappa shape index (κ3) is 5.41. The van der Waals surface area contributed by atoms with Gasteiger partial charge in [0.15, 0.2) is 0 Å². The summed E-state index contributed by atoms with van der Waals surface area (Å²) < 4.78 is 83.3. The van der Waals surface area contributed by atoms with Gasteiger partial charge in [0, 0.05) is 16.5 Å². The van der Waals surface area contributed by atoms with Crippen molar-refractivity contribution in [1.29, 1.82) is 0 Å². The Bertz CT molecular complexity index is 2310. The fourth-order valence-corrected chi connectivity index (χ4v) is 9.51. The van der Waals surface area contributed by atoms with Gasteiger partial charge in [-0.15, -0.1) is 0 Å². The second kappa shape index (κ2) is 12.6. The maximum absolute atomic E-state index is 15.3. The minimum Gasteiger partial charge on any atom is -0.507 e. The highest BCUT2D eigenvalue weighted by Crippen LogP contribution is 2.65. The van der Waals surface area contributed by atoms with Gasteiger partial charge in [-0.2, -0.15) is 26.3 Å². The van der Waals surface area contributed by atoms with E-state index in [2.05, 4.69) is 0 Å². The van der Waals surface area contributed by atoms with E-state index in [1.54, 1.807) is 79.7 Å². The number of imide groups is 2. The largest absolute Gasteiger partial charge is 0.507 e. The fourth-order valence-electron chi connectivity index (χ4n) is 9.32. The number of benzene rings is 4. The van der Waals surface area contributed by atoms with E-state index in [4.69, 9.17) is 11.6 Å². The first-order valence-electron chi connectivity index (χ1n) is 17.3. The SMILES string of the molecule is Cc1cccc([C@H]2C3=CC[C@@H]4C(=O)N(c5cc(C(F)(F)F)cc(C(F)(F)F)c5)C(=O)[C@@H]4[C@@H]3C[C@H]3C(=O)N(c4cccc(Cl)c4)C(=O)[C@@]23c2ccccc2)c1O. The lowest BCUT2D eigenvalue weighted by Crippen LogP contribution is -2.53. The molecule has 4 aromatic rings. The Morgan fingerprint density at radius 3 is 2.02 bits per heavy atom. The van der Waals surface area contributed by atoms with Crippen molar-refractivity contribution in [3.05, 3.63) is 135 Å². The summed E-state index contributed by atoms with van der Waals surface area (Å²) in [6.45, 7) is 1.65. The van der Waals surface area contributed by atoms with Crippen molar-refractivity contribution in [2.75, 3.05) is 9.80 Å². The van der Waals surface area contributed by atoms with Crippen LogP contribution in [-0.2, 0) is 36.9 Å². The molecule has 4 amide bonds. The molecule has 0 unspecified atom stereocenters. The van der Waals surface area contributed by atoms with Crippen molar-refractivity contribution < 1.29 is 50.6 Å². The predicted octanol–water partition coefficient (Wildman–Crippen LogP) is 8.76. The first-order chi connectivity index (χ1) is 26.0. The maximum atomic E-state index is 15.3. The number of hydrogen-bond acceptors (Lipinski definition) is 5. The number of allylic oxidation sites excluding steroid dienone is 2. The lowest BCUT2D eigenvalue weighted by molar-refractivity contribution is -0.143. The highest BCUT2D eigenvalue weighted by atomic mass is 35.5. The Labute approximate surface area is 314 Å². The molecule has 1 N–H and O–H groups in total. The number of carbonyl (C=O) groups is 4. The Kier molecular flexibility index (Phi) is 8.34. The topological polar surface area (TPSA) is 95.0 Å². The van der Waals surface area contributed by atoms with Crippen LogP contribution in [0, 0.1) is 30.6 Å². The number of halogens is 7. The van der Waals surface area contributed by atoms with Crippen LogP contribution in [0.15, 0.2) is 103 Å². The predicted molar refractivity (Wildman–Crippen MR) is 188 cm³/mol. The summed E-state index contributed by atoms with van der Waals surface area (Å²) in [5.41, 5.74) is -4.21. The number of aryl methyl sites for hydroxylation is 1. The van der Waals surface area contributed by atoms with E-state index in [1.807, 2.05) is 0 Å². The number of fused-ring (bicyclic) bond motifs is 4. The number of carbonyl (C=O) groups excluding carboxylic acids is 4. The van der Waals surface area contributed by atoms with Crippen molar-refractivity contribution >= 4 is 46.6 Å². The molecule has 7 nitrogen and oxygen atoms in total. The number of amides is 4. The number of phenols is 1.